The van der Waals surface area contributed by atoms with Crippen molar-refractivity contribution in [2.45, 2.75) is 41.2 Å². The van der Waals surface area contributed by atoms with E-state index >= 15 is 0 Å². The fourth-order valence-electron chi connectivity index (χ4n) is 3.86. The lowest BCUT2D eigenvalue weighted by Gasteiger charge is -2.11. The number of pyridine rings is 1. The second kappa shape index (κ2) is 7.75. The molecular weight excluding hydrogens is 372 g/mol. The highest BCUT2D eigenvalue weighted by Gasteiger charge is 2.18. The van der Waals surface area contributed by atoms with Gasteiger partial charge in [0.05, 0.1) is 34.7 Å². The molecule has 0 atom stereocenters. The van der Waals surface area contributed by atoms with Crippen molar-refractivity contribution < 1.29 is 4.79 Å². The zero-order chi connectivity index (χ0) is 21.4. The van der Waals surface area contributed by atoms with Crippen LogP contribution in [0.5, 0.6) is 0 Å². The molecule has 152 valence electrons. The number of nitrogens with zero attached hydrogens (tertiary/aromatic N) is 3. The molecule has 4 aromatic rings. The van der Waals surface area contributed by atoms with E-state index in [1.54, 1.807) is 0 Å². The summed E-state index contributed by atoms with van der Waals surface area (Å²) in [5.41, 5.74) is 8.29. The number of benzene rings is 2. The van der Waals surface area contributed by atoms with Gasteiger partial charge in [0.1, 0.15) is 0 Å². The van der Waals surface area contributed by atoms with Crippen molar-refractivity contribution in [1.29, 1.82) is 0 Å². The fraction of sp³-hybridized carbons (Fsp3) is 0.240. The number of nitrogens with one attached hydrogen (secondary N) is 1. The van der Waals surface area contributed by atoms with Gasteiger partial charge in [0.2, 0.25) is 0 Å². The lowest BCUT2D eigenvalue weighted by molar-refractivity contribution is 0.102. The third kappa shape index (κ3) is 3.83. The van der Waals surface area contributed by atoms with E-state index in [9.17, 15) is 4.79 Å². The van der Waals surface area contributed by atoms with Crippen LogP contribution in [0.2, 0.25) is 0 Å². The number of hydrogen-bond donors (Lipinski definition) is 1. The minimum absolute atomic E-state index is 0.141. The van der Waals surface area contributed by atoms with E-state index in [-0.39, 0.29) is 5.91 Å². The lowest BCUT2D eigenvalue weighted by Crippen LogP contribution is -2.14. The number of carbonyl (C=O) groups excluding carboxylic acids is 1. The minimum Gasteiger partial charge on any atom is -0.319 e. The van der Waals surface area contributed by atoms with Gasteiger partial charge in [0.15, 0.2) is 0 Å². The van der Waals surface area contributed by atoms with Crippen LogP contribution in [0.25, 0.3) is 10.9 Å². The van der Waals surface area contributed by atoms with Gasteiger partial charge in [0, 0.05) is 11.1 Å². The lowest BCUT2D eigenvalue weighted by atomic mass is 10.0. The molecule has 0 unspecified atom stereocenters. The topological polar surface area (TPSA) is 59.8 Å². The Morgan fingerprint density at radius 2 is 1.73 bits per heavy atom. The van der Waals surface area contributed by atoms with Crippen molar-refractivity contribution in [3.05, 3.63) is 87.9 Å². The molecule has 0 fully saturated rings. The molecule has 4 rings (SSSR count). The Morgan fingerprint density at radius 1 is 0.967 bits per heavy atom. The molecule has 0 saturated heterocycles. The van der Waals surface area contributed by atoms with E-state index in [1.165, 1.54) is 11.1 Å². The summed E-state index contributed by atoms with van der Waals surface area (Å²) in [5.74, 6) is -0.141. The quantitative estimate of drug-likeness (QED) is 0.509. The monoisotopic (exact) mass is 398 g/mol. The van der Waals surface area contributed by atoms with Gasteiger partial charge in [-0.3, -0.25) is 14.5 Å². The number of aromatic nitrogens is 3. The Labute approximate surface area is 176 Å². The summed E-state index contributed by atoms with van der Waals surface area (Å²) in [4.78, 5) is 17.8. The maximum atomic E-state index is 13.2. The summed E-state index contributed by atoms with van der Waals surface area (Å²) in [6.07, 6.45) is 0. The standard InChI is InChI=1S/C25H26N4O/c1-15-7-6-8-20(11-15)14-29-19(5)24(18(4)28-29)27-25(30)22-13-17(3)26-23-10-9-16(2)12-21(22)23/h6-13H,14H2,1-5H3,(H,27,30). The van der Waals surface area contributed by atoms with Crippen LogP contribution in [0.15, 0.2) is 48.5 Å². The van der Waals surface area contributed by atoms with Crippen molar-refractivity contribution >= 4 is 22.5 Å². The Balaban J connectivity index is 1.67. The number of rotatable bonds is 4. The Morgan fingerprint density at radius 3 is 2.50 bits per heavy atom. The molecule has 0 aliphatic rings. The molecule has 2 aromatic carbocycles. The number of amides is 1. The largest absolute Gasteiger partial charge is 0.319 e. The first-order valence-corrected chi connectivity index (χ1v) is 10.1. The molecule has 30 heavy (non-hydrogen) atoms. The van der Waals surface area contributed by atoms with Gasteiger partial charge >= 0.3 is 0 Å². The highest BCUT2D eigenvalue weighted by molar-refractivity contribution is 6.12. The Bertz CT molecular complexity index is 1270. The second-order valence-corrected chi connectivity index (χ2v) is 7.98. The molecule has 5 nitrogen and oxygen atoms in total. The zero-order valence-corrected chi connectivity index (χ0v) is 18.1. The molecule has 0 aliphatic heterocycles. The van der Waals surface area contributed by atoms with E-state index in [4.69, 9.17) is 0 Å². The summed E-state index contributed by atoms with van der Waals surface area (Å²) >= 11 is 0. The Kier molecular flexibility index (Phi) is 5.12. The van der Waals surface area contributed by atoms with Crippen LogP contribution in [-0.2, 0) is 6.54 Å². The van der Waals surface area contributed by atoms with E-state index in [1.807, 2.05) is 56.6 Å². The van der Waals surface area contributed by atoms with Crippen molar-refractivity contribution in [2.24, 2.45) is 0 Å². The van der Waals surface area contributed by atoms with Gasteiger partial charge in [0.25, 0.3) is 5.91 Å². The van der Waals surface area contributed by atoms with Gasteiger partial charge < -0.3 is 5.32 Å². The molecule has 2 heterocycles. The van der Waals surface area contributed by atoms with Crippen LogP contribution in [0.1, 0.15) is 44.1 Å². The van der Waals surface area contributed by atoms with E-state index in [0.717, 1.165) is 39.2 Å². The highest BCUT2D eigenvalue weighted by atomic mass is 16.1. The molecule has 5 heteroatoms. The van der Waals surface area contributed by atoms with Crippen LogP contribution in [0.3, 0.4) is 0 Å². The van der Waals surface area contributed by atoms with Crippen LogP contribution >= 0.6 is 0 Å². The minimum atomic E-state index is -0.141. The first kappa shape index (κ1) is 19.8. The molecule has 0 aliphatic carbocycles. The van der Waals surface area contributed by atoms with Crippen molar-refractivity contribution in [3.63, 3.8) is 0 Å². The second-order valence-electron chi connectivity index (χ2n) is 7.98. The van der Waals surface area contributed by atoms with Crippen LogP contribution in [0.4, 0.5) is 5.69 Å². The molecule has 1 amide bonds. The summed E-state index contributed by atoms with van der Waals surface area (Å²) < 4.78 is 1.94. The van der Waals surface area contributed by atoms with Gasteiger partial charge in [-0.25, -0.2) is 0 Å². The van der Waals surface area contributed by atoms with Gasteiger partial charge in [-0.2, -0.15) is 5.10 Å². The number of fused-ring (bicyclic) bond motifs is 1. The molecular formula is C25H26N4O. The van der Waals surface area contributed by atoms with Gasteiger partial charge in [-0.15, -0.1) is 0 Å². The number of aryl methyl sites for hydroxylation is 4. The normalized spacial score (nSPS) is 11.1. The average Bonchev–Trinajstić information content (AvgIpc) is 2.95. The van der Waals surface area contributed by atoms with Gasteiger partial charge in [-0.1, -0.05) is 41.5 Å². The summed E-state index contributed by atoms with van der Waals surface area (Å²) in [7, 11) is 0. The molecule has 0 spiro atoms. The van der Waals surface area contributed by atoms with E-state index in [2.05, 4.69) is 46.6 Å². The maximum Gasteiger partial charge on any atom is 0.256 e. The maximum absolute atomic E-state index is 13.2. The smallest absolute Gasteiger partial charge is 0.256 e. The molecule has 0 saturated carbocycles. The first-order chi connectivity index (χ1) is 14.3. The van der Waals surface area contributed by atoms with E-state index < -0.39 is 0 Å². The van der Waals surface area contributed by atoms with Crippen LogP contribution in [0, 0.1) is 34.6 Å². The fourth-order valence-corrected chi connectivity index (χ4v) is 3.86. The average molecular weight is 399 g/mol. The summed E-state index contributed by atoms with van der Waals surface area (Å²) in [5, 5.41) is 8.63. The summed E-state index contributed by atoms with van der Waals surface area (Å²) in [6, 6.07) is 16.2. The van der Waals surface area contributed by atoms with Crippen LogP contribution < -0.4 is 5.32 Å². The highest BCUT2D eigenvalue weighted by Crippen LogP contribution is 2.25. The third-order valence-corrected chi connectivity index (χ3v) is 5.37. The number of anilines is 1. The first-order valence-electron chi connectivity index (χ1n) is 10.1. The van der Waals surface area contributed by atoms with Crippen LogP contribution in [-0.4, -0.2) is 20.7 Å². The SMILES string of the molecule is Cc1cccc(Cn2nc(C)c(NC(=O)c3cc(C)nc4ccc(C)cc34)c2C)c1. The molecule has 1 N–H and O–H groups in total. The van der Waals surface area contributed by atoms with Crippen molar-refractivity contribution in [1.82, 2.24) is 14.8 Å². The predicted molar refractivity (Wildman–Crippen MR) is 121 cm³/mol. The molecule has 0 radical (unpaired) electrons. The van der Waals surface area contributed by atoms with Crippen molar-refractivity contribution in [2.75, 3.05) is 5.32 Å². The van der Waals surface area contributed by atoms with E-state index in [0.29, 0.717) is 12.1 Å². The summed E-state index contributed by atoms with van der Waals surface area (Å²) in [6.45, 7) is 10.6. The number of carbonyl (C=O) groups is 1. The molecule has 0 bridgehead atoms. The Hall–Kier alpha value is -3.47. The molecule has 2 aromatic heterocycles. The third-order valence-electron chi connectivity index (χ3n) is 5.37. The van der Waals surface area contributed by atoms with Gasteiger partial charge in [-0.05, 0) is 58.4 Å². The zero-order valence-electron chi connectivity index (χ0n) is 18.1. The number of hydrogen-bond acceptors (Lipinski definition) is 3. The predicted octanol–water partition coefficient (Wildman–Crippen LogP) is 5.27. The van der Waals surface area contributed by atoms with Crippen molar-refractivity contribution in [3.8, 4) is 0 Å².